The average molecular weight is 330 g/mol. The van der Waals surface area contributed by atoms with Crippen LogP contribution in [-0.4, -0.2) is 32.6 Å². The lowest BCUT2D eigenvalue weighted by Crippen LogP contribution is -2.30. The van der Waals surface area contributed by atoms with Gasteiger partial charge in [0.2, 0.25) is 0 Å². The summed E-state index contributed by atoms with van der Waals surface area (Å²) in [4.78, 5) is 12.9. The second-order valence-electron chi connectivity index (χ2n) is 4.92. The lowest BCUT2D eigenvalue weighted by atomic mass is 10.0. The van der Waals surface area contributed by atoms with Crippen molar-refractivity contribution in [2.45, 2.75) is 18.9 Å². The van der Waals surface area contributed by atoms with Gasteiger partial charge in [0.25, 0.3) is 0 Å². The van der Waals surface area contributed by atoms with Crippen LogP contribution in [0.3, 0.4) is 0 Å². The minimum absolute atomic E-state index is 0.00305. The van der Waals surface area contributed by atoms with Crippen LogP contribution in [0.2, 0.25) is 0 Å². The highest BCUT2D eigenvalue weighted by atomic mass is 19.4. The van der Waals surface area contributed by atoms with Gasteiger partial charge in [-0.3, -0.25) is 4.90 Å². The summed E-state index contributed by atoms with van der Waals surface area (Å²) < 4.78 is 58.2. The highest BCUT2D eigenvalue weighted by Gasteiger charge is 2.37. The second kappa shape index (κ2) is 5.52. The van der Waals surface area contributed by atoms with E-state index in [1.807, 2.05) is 0 Å². The fourth-order valence-electron chi connectivity index (χ4n) is 2.32. The molecular formula is C13H10F4N4O2. The summed E-state index contributed by atoms with van der Waals surface area (Å²) in [7, 11) is 0. The molecule has 1 saturated heterocycles. The summed E-state index contributed by atoms with van der Waals surface area (Å²) in [6.07, 6.45) is -2.53. The van der Waals surface area contributed by atoms with Crippen molar-refractivity contribution in [3.05, 3.63) is 47.5 Å². The van der Waals surface area contributed by atoms with E-state index in [0.29, 0.717) is 6.07 Å². The molecule has 6 nitrogen and oxygen atoms in total. The summed E-state index contributed by atoms with van der Waals surface area (Å²) in [6.45, 7) is -0.240. The van der Waals surface area contributed by atoms with Crippen LogP contribution in [0.25, 0.3) is 0 Å². The first-order valence-corrected chi connectivity index (χ1v) is 6.50. The Bertz CT molecular complexity index is 717. The quantitative estimate of drug-likeness (QED) is 0.812. The van der Waals surface area contributed by atoms with Crippen LogP contribution in [0.4, 0.5) is 22.4 Å². The molecule has 2 heterocycles. The minimum Gasteiger partial charge on any atom is -0.447 e. The van der Waals surface area contributed by atoms with Gasteiger partial charge in [-0.15, -0.1) is 5.10 Å². The molecule has 23 heavy (non-hydrogen) atoms. The van der Waals surface area contributed by atoms with Gasteiger partial charge in [-0.05, 0) is 23.8 Å². The largest absolute Gasteiger partial charge is 0.447 e. The van der Waals surface area contributed by atoms with Gasteiger partial charge in [0.1, 0.15) is 19.1 Å². The third kappa shape index (κ3) is 3.10. The Kier molecular flexibility index (Phi) is 3.66. The Labute approximate surface area is 127 Å². The number of amides is 1. The summed E-state index contributed by atoms with van der Waals surface area (Å²) in [5.74, 6) is -1.03. The number of hydrogen-bond donors (Lipinski definition) is 0. The van der Waals surface area contributed by atoms with Crippen LogP contribution < -0.4 is 0 Å². The van der Waals surface area contributed by atoms with Crippen molar-refractivity contribution < 1.29 is 27.1 Å². The summed E-state index contributed by atoms with van der Waals surface area (Å²) in [5, 5.41) is 7.25. The van der Waals surface area contributed by atoms with Crippen molar-refractivity contribution >= 4 is 6.09 Å². The van der Waals surface area contributed by atoms with E-state index < -0.39 is 29.7 Å². The number of cyclic esters (lactones) is 1. The van der Waals surface area contributed by atoms with Gasteiger partial charge in [0.15, 0.2) is 0 Å². The highest BCUT2D eigenvalue weighted by Crippen LogP contribution is 2.34. The monoisotopic (exact) mass is 330 g/mol. The van der Waals surface area contributed by atoms with Crippen molar-refractivity contribution in [1.82, 2.24) is 19.9 Å². The average Bonchev–Trinajstić information content (AvgIpc) is 3.09. The van der Waals surface area contributed by atoms with Gasteiger partial charge < -0.3 is 4.74 Å². The number of ether oxygens (including phenoxy) is 1. The Hall–Kier alpha value is -2.65. The Morgan fingerprint density at radius 1 is 1.30 bits per heavy atom. The first kappa shape index (κ1) is 15.3. The number of alkyl halides is 3. The zero-order valence-corrected chi connectivity index (χ0v) is 11.5. The fourth-order valence-corrected chi connectivity index (χ4v) is 2.32. The molecule has 1 amide bonds. The molecule has 122 valence electrons. The van der Waals surface area contributed by atoms with Gasteiger partial charge in [-0.25, -0.2) is 13.9 Å². The molecule has 10 heteroatoms. The van der Waals surface area contributed by atoms with Crippen LogP contribution in [0.5, 0.6) is 0 Å². The van der Waals surface area contributed by atoms with E-state index in [2.05, 4.69) is 10.3 Å². The molecule has 0 spiro atoms. The smallest absolute Gasteiger partial charge is 0.416 e. The fraction of sp³-hybridized carbons (Fsp3) is 0.308. The first-order valence-electron chi connectivity index (χ1n) is 6.50. The molecule has 1 unspecified atom stereocenters. The van der Waals surface area contributed by atoms with E-state index in [-0.39, 0.29) is 18.8 Å². The molecule has 1 aromatic heterocycles. The molecular weight excluding hydrogens is 320 g/mol. The number of hydrogen-bond acceptors (Lipinski definition) is 4. The zero-order chi connectivity index (χ0) is 16.6. The van der Waals surface area contributed by atoms with Gasteiger partial charge in [0.05, 0.1) is 17.8 Å². The molecule has 1 aliphatic heterocycles. The molecule has 1 atom stereocenters. The maximum absolute atomic E-state index is 13.5. The molecule has 0 aliphatic carbocycles. The number of carbonyl (C=O) groups excluding carboxylic acids is 1. The maximum Gasteiger partial charge on any atom is 0.416 e. The second-order valence-corrected chi connectivity index (χ2v) is 4.92. The highest BCUT2D eigenvalue weighted by molar-refractivity contribution is 5.70. The molecule has 0 radical (unpaired) electrons. The number of benzene rings is 1. The first-order chi connectivity index (χ1) is 10.8. The van der Waals surface area contributed by atoms with Crippen LogP contribution in [0, 0.1) is 5.82 Å². The van der Waals surface area contributed by atoms with E-state index in [0.717, 1.165) is 17.0 Å². The van der Waals surface area contributed by atoms with E-state index in [4.69, 9.17) is 4.74 Å². The third-order valence-corrected chi connectivity index (χ3v) is 3.38. The van der Waals surface area contributed by atoms with Gasteiger partial charge >= 0.3 is 12.3 Å². The van der Waals surface area contributed by atoms with Gasteiger partial charge in [0, 0.05) is 6.20 Å². The van der Waals surface area contributed by atoms with Gasteiger partial charge in [-0.1, -0.05) is 5.21 Å². The van der Waals surface area contributed by atoms with E-state index in [1.54, 1.807) is 0 Å². The molecule has 2 aromatic rings. The molecule has 1 aromatic carbocycles. The normalized spacial score (nSPS) is 18.3. The summed E-state index contributed by atoms with van der Waals surface area (Å²) in [5.41, 5.74) is -1.11. The third-order valence-electron chi connectivity index (χ3n) is 3.38. The lowest BCUT2D eigenvalue weighted by molar-refractivity contribution is -0.137. The summed E-state index contributed by atoms with van der Waals surface area (Å²) in [6, 6.07) is 1.33. The topological polar surface area (TPSA) is 60.2 Å². The van der Waals surface area contributed by atoms with E-state index in [1.165, 1.54) is 17.1 Å². The van der Waals surface area contributed by atoms with Gasteiger partial charge in [-0.2, -0.15) is 13.2 Å². The number of rotatable bonds is 3. The number of nitrogens with zero attached hydrogens (tertiary/aromatic N) is 4. The van der Waals surface area contributed by atoms with Crippen LogP contribution in [-0.2, 0) is 17.6 Å². The van der Waals surface area contributed by atoms with Crippen molar-refractivity contribution in [2.75, 3.05) is 6.61 Å². The van der Waals surface area contributed by atoms with Crippen molar-refractivity contribution in [1.29, 1.82) is 0 Å². The zero-order valence-electron chi connectivity index (χ0n) is 11.5. The molecule has 3 rings (SSSR count). The Morgan fingerprint density at radius 3 is 2.74 bits per heavy atom. The SMILES string of the molecule is O=C1OCC(c2cc(F)cc(C(F)(F)F)c2)N1Cn1ccnn1. The van der Waals surface area contributed by atoms with Crippen molar-refractivity contribution in [3.8, 4) is 0 Å². The van der Waals surface area contributed by atoms with Crippen LogP contribution in [0.1, 0.15) is 17.2 Å². The number of carbonyl (C=O) groups is 1. The van der Waals surface area contributed by atoms with E-state index in [9.17, 15) is 22.4 Å². The molecule has 0 saturated carbocycles. The number of halogens is 4. The lowest BCUT2D eigenvalue weighted by Gasteiger charge is -2.22. The predicted octanol–water partition coefficient (Wildman–Crippen LogP) is 2.59. The molecule has 0 N–H and O–H groups in total. The van der Waals surface area contributed by atoms with Crippen molar-refractivity contribution in [2.24, 2.45) is 0 Å². The van der Waals surface area contributed by atoms with Crippen LogP contribution >= 0.6 is 0 Å². The summed E-state index contributed by atoms with van der Waals surface area (Å²) >= 11 is 0. The standard InChI is InChI=1S/C13H10F4N4O2/c14-10-4-8(3-9(5-10)13(15,16)17)11-6-23-12(22)21(11)7-20-2-1-18-19-20/h1-5,11H,6-7H2. The van der Waals surface area contributed by atoms with E-state index >= 15 is 0 Å². The Balaban J connectivity index is 1.93. The van der Waals surface area contributed by atoms with Crippen LogP contribution in [0.15, 0.2) is 30.6 Å². The minimum atomic E-state index is -4.68. The number of aromatic nitrogens is 3. The Morgan fingerprint density at radius 2 is 2.09 bits per heavy atom. The van der Waals surface area contributed by atoms with Crippen molar-refractivity contribution in [3.63, 3.8) is 0 Å². The molecule has 1 fully saturated rings. The molecule has 0 bridgehead atoms. The molecule has 1 aliphatic rings. The maximum atomic E-state index is 13.5. The predicted molar refractivity (Wildman–Crippen MR) is 67.4 cm³/mol.